The van der Waals surface area contributed by atoms with E-state index in [1.54, 1.807) is 13.1 Å². The van der Waals surface area contributed by atoms with Crippen molar-refractivity contribution in [1.82, 2.24) is 15.3 Å². The highest BCUT2D eigenvalue weighted by Crippen LogP contribution is 2.26. The van der Waals surface area contributed by atoms with Crippen LogP contribution < -0.4 is 16.0 Å². The van der Waals surface area contributed by atoms with Gasteiger partial charge in [0.25, 0.3) is 0 Å². The van der Waals surface area contributed by atoms with Crippen molar-refractivity contribution in [3.05, 3.63) is 11.9 Å². The van der Waals surface area contributed by atoms with Gasteiger partial charge in [-0.15, -0.1) is 0 Å². The van der Waals surface area contributed by atoms with Gasteiger partial charge in [0.15, 0.2) is 0 Å². The molecule has 6 nitrogen and oxygen atoms in total. The van der Waals surface area contributed by atoms with Gasteiger partial charge in [-0.25, -0.2) is 9.97 Å². The first-order valence-electron chi connectivity index (χ1n) is 7.43. The molecule has 1 aliphatic heterocycles. The zero-order valence-corrected chi connectivity index (χ0v) is 13.3. The molecule has 0 spiro atoms. The van der Waals surface area contributed by atoms with Crippen LogP contribution in [0.3, 0.4) is 0 Å². The Labute approximate surface area is 126 Å². The smallest absolute Gasteiger partial charge is 0.224 e. The third-order valence-corrected chi connectivity index (χ3v) is 3.77. The summed E-state index contributed by atoms with van der Waals surface area (Å²) < 4.78 is 0. The summed E-state index contributed by atoms with van der Waals surface area (Å²) in [5, 5.41) is 2.73. The fourth-order valence-electron chi connectivity index (χ4n) is 2.55. The molecule has 0 radical (unpaired) electrons. The Hall–Kier alpha value is -1.85. The highest BCUT2D eigenvalue weighted by molar-refractivity contribution is 5.79. The number of amides is 1. The molecule has 1 amide bonds. The highest BCUT2D eigenvalue weighted by Gasteiger charge is 2.27. The largest absolute Gasteiger partial charge is 0.384 e. The number of hydrogen-bond donors (Lipinski definition) is 2. The molecule has 1 aliphatic rings. The van der Waals surface area contributed by atoms with Crippen molar-refractivity contribution < 1.29 is 4.79 Å². The van der Waals surface area contributed by atoms with Gasteiger partial charge in [0, 0.05) is 31.6 Å². The minimum atomic E-state index is -0.153. The minimum Gasteiger partial charge on any atom is -0.384 e. The van der Waals surface area contributed by atoms with Gasteiger partial charge < -0.3 is 16.0 Å². The van der Waals surface area contributed by atoms with Gasteiger partial charge in [-0.1, -0.05) is 20.8 Å². The van der Waals surface area contributed by atoms with Gasteiger partial charge in [-0.3, -0.25) is 4.79 Å². The monoisotopic (exact) mass is 291 g/mol. The second-order valence-corrected chi connectivity index (χ2v) is 6.62. The standard InChI is InChI=1S/C15H25N5O/c1-15(2,3)14-18-11(16)8-12(19-14)20-7-5-6-10(9-20)13(21)17-4/h8,10H,5-7,9H2,1-4H3,(H,17,21)(H2,16,18,19). The summed E-state index contributed by atoms with van der Waals surface area (Å²) in [6.45, 7) is 7.77. The lowest BCUT2D eigenvalue weighted by atomic mass is 9.95. The summed E-state index contributed by atoms with van der Waals surface area (Å²) in [5.74, 6) is 2.14. The molecule has 0 aromatic carbocycles. The number of nitrogen functional groups attached to an aromatic ring is 1. The maximum atomic E-state index is 11.8. The molecule has 0 saturated carbocycles. The number of nitrogens with two attached hydrogens (primary N) is 1. The quantitative estimate of drug-likeness (QED) is 0.858. The Bertz CT molecular complexity index is 523. The molecule has 116 valence electrons. The van der Waals surface area contributed by atoms with E-state index in [0.717, 1.165) is 31.0 Å². The Morgan fingerprint density at radius 1 is 1.43 bits per heavy atom. The van der Waals surface area contributed by atoms with E-state index < -0.39 is 0 Å². The maximum absolute atomic E-state index is 11.8. The van der Waals surface area contributed by atoms with Crippen LogP contribution in [0, 0.1) is 5.92 Å². The summed E-state index contributed by atoms with van der Waals surface area (Å²) in [7, 11) is 1.68. The first-order chi connectivity index (χ1) is 9.81. The predicted octanol–water partition coefficient (Wildman–Crippen LogP) is 1.32. The van der Waals surface area contributed by atoms with E-state index >= 15 is 0 Å². The van der Waals surface area contributed by atoms with Crippen LogP contribution in [0.4, 0.5) is 11.6 Å². The summed E-state index contributed by atoms with van der Waals surface area (Å²) in [6.07, 6.45) is 1.90. The molecule has 1 aromatic heterocycles. The lowest BCUT2D eigenvalue weighted by Crippen LogP contribution is -2.42. The molecule has 1 fully saturated rings. The van der Waals surface area contributed by atoms with Gasteiger partial charge in [-0.05, 0) is 12.8 Å². The maximum Gasteiger partial charge on any atom is 0.224 e. The van der Waals surface area contributed by atoms with Crippen molar-refractivity contribution in [2.75, 3.05) is 30.8 Å². The molecule has 0 bridgehead atoms. The number of carbonyl (C=O) groups excluding carboxylic acids is 1. The number of rotatable bonds is 2. The van der Waals surface area contributed by atoms with Gasteiger partial charge in [-0.2, -0.15) is 0 Å². The van der Waals surface area contributed by atoms with Crippen molar-refractivity contribution in [2.24, 2.45) is 5.92 Å². The van der Waals surface area contributed by atoms with E-state index in [2.05, 4.69) is 41.0 Å². The van der Waals surface area contributed by atoms with Crippen LogP contribution in [0.2, 0.25) is 0 Å². The average molecular weight is 291 g/mol. The normalized spacial score (nSPS) is 19.4. The van der Waals surface area contributed by atoms with Crippen LogP contribution in [0.5, 0.6) is 0 Å². The van der Waals surface area contributed by atoms with E-state index in [1.807, 2.05) is 0 Å². The number of hydrogen-bond acceptors (Lipinski definition) is 5. The Morgan fingerprint density at radius 2 is 2.14 bits per heavy atom. The summed E-state index contributed by atoms with van der Waals surface area (Å²) in [4.78, 5) is 23.0. The van der Waals surface area contributed by atoms with Crippen LogP contribution in [-0.2, 0) is 10.2 Å². The van der Waals surface area contributed by atoms with E-state index in [9.17, 15) is 4.79 Å². The lowest BCUT2D eigenvalue weighted by molar-refractivity contribution is -0.124. The molecule has 0 aliphatic carbocycles. The molecule has 21 heavy (non-hydrogen) atoms. The van der Waals surface area contributed by atoms with Gasteiger partial charge in [0.2, 0.25) is 5.91 Å². The van der Waals surface area contributed by atoms with Gasteiger partial charge in [0.05, 0.1) is 5.92 Å². The molecular weight excluding hydrogens is 266 g/mol. The average Bonchev–Trinajstić information content (AvgIpc) is 2.45. The van der Waals surface area contributed by atoms with Crippen molar-refractivity contribution >= 4 is 17.5 Å². The Kier molecular flexibility index (Phi) is 4.34. The third kappa shape index (κ3) is 3.62. The zero-order chi connectivity index (χ0) is 15.6. The van der Waals surface area contributed by atoms with E-state index in [1.165, 1.54) is 0 Å². The van der Waals surface area contributed by atoms with Crippen molar-refractivity contribution in [3.63, 3.8) is 0 Å². The highest BCUT2D eigenvalue weighted by atomic mass is 16.1. The van der Waals surface area contributed by atoms with Gasteiger partial charge in [0.1, 0.15) is 17.5 Å². The van der Waals surface area contributed by atoms with Crippen LogP contribution >= 0.6 is 0 Å². The number of anilines is 2. The number of nitrogens with zero attached hydrogens (tertiary/aromatic N) is 3. The zero-order valence-electron chi connectivity index (χ0n) is 13.3. The first kappa shape index (κ1) is 15.5. The third-order valence-electron chi connectivity index (χ3n) is 3.77. The van der Waals surface area contributed by atoms with Crippen molar-refractivity contribution in [3.8, 4) is 0 Å². The predicted molar refractivity (Wildman–Crippen MR) is 84.1 cm³/mol. The Balaban J connectivity index is 2.25. The second-order valence-electron chi connectivity index (χ2n) is 6.62. The molecule has 6 heteroatoms. The Morgan fingerprint density at radius 3 is 2.76 bits per heavy atom. The summed E-state index contributed by atoms with van der Waals surface area (Å²) >= 11 is 0. The molecule has 1 unspecified atom stereocenters. The number of carbonyl (C=O) groups is 1. The summed E-state index contributed by atoms with van der Waals surface area (Å²) in [5.41, 5.74) is 5.77. The fourth-order valence-corrected chi connectivity index (χ4v) is 2.55. The van der Waals surface area contributed by atoms with Crippen LogP contribution in [-0.4, -0.2) is 36.0 Å². The summed E-state index contributed by atoms with van der Waals surface area (Å²) in [6, 6.07) is 1.79. The van der Waals surface area contributed by atoms with Crippen LogP contribution in [0.15, 0.2) is 6.07 Å². The fraction of sp³-hybridized carbons (Fsp3) is 0.667. The molecule has 1 atom stereocenters. The first-order valence-corrected chi connectivity index (χ1v) is 7.43. The van der Waals surface area contributed by atoms with Crippen LogP contribution in [0.25, 0.3) is 0 Å². The molecule has 1 saturated heterocycles. The topological polar surface area (TPSA) is 84.1 Å². The molecule has 2 rings (SSSR count). The van der Waals surface area contributed by atoms with Gasteiger partial charge >= 0.3 is 0 Å². The lowest BCUT2D eigenvalue weighted by Gasteiger charge is -2.33. The number of piperidine rings is 1. The number of nitrogens with one attached hydrogen (secondary N) is 1. The molecule has 2 heterocycles. The van der Waals surface area contributed by atoms with Crippen molar-refractivity contribution in [2.45, 2.75) is 39.0 Å². The molecule has 3 N–H and O–H groups in total. The molecule has 1 aromatic rings. The van der Waals surface area contributed by atoms with E-state index in [4.69, 9.17) is 5.73 Å². The molecular formula is C15H25N5O. The van der Waals surface area contributed by atoms with E-state index in [-0.39, 0.29) is 17.2 Å². The van der Waals surface area contributed by atoms with Crippen LogP contribution in [0.1, 0.15) is 39.4 Å². The van der Waals surface area contributed by atoms with E-state index in [0.29, 0.717) is 12.4 Å². The second kappa shape index (κ2) is 5.87. The SMILES string of the molecule is CNC(=O)C1CCCN(c2cc(N)nc(C(C)(C)C)n2)C1. The van der Waals surface area contributed by atoms with Crippen molar-refractivity contribution in [1.29, 1.82) is 0 Å². The minimum absolute atomic E-state index is 0.0121. The number of aromatic nitrogens is 2.